The molecule has 1 aliphatic rings. The Morgan fingerprint density at radius 3 is 2.95 bits per heavy atom. The van der Waals surface area contributed by atoms with Gasteiger partial charge < -0.3 is 10.2 Å². The van der Waals surface area contributed by atoms with Gasteiger partial charge in [-0.05, 0) is 50.9 Å². The number of benzene rings is 1. The standard InChI is InChI=1S/C15H20ClFN2O/c1-10(2)19-6-5-11(9-19)8-18-15(20)13-7-12(16)3-4-14(13)17/h3-4,7,10-11H,5-6,8-9H2,1-2H3,(H,18,20)/t11-/m1/s1. The zero-order valence-electron chi connectivity index (χ0n) is 11.8. The molecule has 0 spiro atoms. The number of likely N-dealkylation sites (tertiary alicyclic amines) is 1. The van der Waals surface area contributed by atoms with Crippen LogP contribution >= 0.6 is 11.6 Å². The Balaban J connectivity index is 1.88. The number of hydrogen-bond acceptors (Lipinski definition) is 2. The van der Waals surface area contributed by atoms with Gasteiger partial charge in [0, 0.05) is 24.2 Å². The second-order valence-electron chi connectivity index (χ2n) is 5.58. The Hall–Kier alpha value is -1.13. The van der Waals surface area contributed by atoms with Crippen molar-refractivity contribution in [1.29, 1.82) is 0 Å². The van der Waals surface area contributed by atoms with Gasteiger partial charge >= 0.3 is 0 Å². The number of nitrogens with one attached hydrogen (secondary N) is 1. The van der Waals surface area contributed by atoms with Gasteiger partial charge in [0.2, 0.25) is 0 Å². The SMILES string of the molecule is CC(C)N1CC[C@H](CNC(=O)c2cc(Cl)ccc2F)C1. The topological polar surface area (TPSA) is 32.3 Å². The molecule has 1 amide bonds. The molecule has 1 aromatic carbocycles. The summed E-state index contributed by atoms with van der Waals surface area (Å²) in [4.78, 5) is 14.4. The highest BCUT2D eigenvalue weighted by molar-refractivity contribution is 6.30. The molecule has 1 N–H and O–H groups in total. The van der Waals surface area contributed by atoms with E-state index in [1.807, 2.05) is 0 Å². The van der Waals surface area contributed by atoms with E-state index in [4.69, 9.17) is 11.6 Å². The van der Waals surface area contributed by atoms with Crippen LogP contribution in [0.15, 0.2) is 18.2 Å². The molecule has 1 aromatic rings. The predicted octanol–water partition coefficient (Wildman–Crippen LogP) is 2.94. The van der Waals surface area contributed by atoms with Crippen molar-refractivity contribution in [2.24, 2.45) is 5.92 Å². The van der Waals surface area contributed by atoms with Crippen molar-refractivity contribution >= 4 is 17.5 Å². The Morgan fingerprint density at radius 2 is 2.30 bits per heavy atom. The average Bonchev–Trinajstić information content (AvgIpc) is 2.88. The molecule has 1 atom stereocenters. The maximum atomic E-state index is 13.6. The van der Waals surface area contributed by atoms with Crippen LogP contribution in [0.5, 0.6) is 0 Å². The van der Waals surface area contributed by atoms with Crippen molar-refractivity contribution in [2.75, 3.05) is 19.6 Å². The summed E-state index contributed by atoms with van der Waals surface area (Å²) in [5, 5.41) is 3.17. The third-order valence-electron chi connectivity index (χ3n) is 3.77. The molecular weight excluding hydrogens is 279 g/mol. The maximum absolute atomic E-state index is 13.6. The molecular formula is C15H20ClFN2O. The largest absolute Gasteiger partial charge is 0.352 e. The van der Waals surface area contributed by atoms with Crippen LogP contribution < -0.4 is 5.32 Å². The quantitative estimate of drug-likeness (QED) is 0.927. The molecule has 20 heavy (non-hydrogen) atoms. The summed E-state index contributed by atoms with van der Waals surface area (Å²) >= 11 is 5.79. The van der Waals surface area contributed by atoms with E-state index < -0.39 is 11.7 Å². The number of nitrogens with zero attached hydrogens (tertiary/aromatic N) is 1. The van der Waals surface area contributed by atoms with Gasteiger partial charge in [0.25, 0.3) is 5.91 Å². The summed E-state index contributed by atoms with van der Waals surface area (Å²) in [7, 11) is 0. The summed E-state index contributed by atoms with van der Waals surface area (Å²) in [5.41, 5.74) is 0.0104. The van der Waals surface area contributed by atoms with Crippen molar-refractivity contribution in [1.82, 2.24) is 10.2 Å². The first kappa shape index (κ1) is 15.3. The monoisotopic (exact) mass is 298 g/mol. The Labute approximate surface area is 124 Å². The lowest BCUT2D eigenvalue weighted by molar-refractivity contribution is 0.0943. The molecule has 110 valence electrons. The molecule has 0 unspecified atom stereocenters. The Morgan fingerprint density at radius 1 is 1.55 bits per heavy atom. The lowest BCUT2D eigenvalue weighted by Gasteiger charge is -2.20. The maximum Gasteiger partial charge on any atom is 0.254 e. The first-order valence-electron chi connectivity index (χ1n) is 6.94. The Kier molecular flexibility index (Phi) is 5.00. The van der Waals surface area contributed by atoms with Gasteiger partial charge in [-0.2, -0.15) is 0 Å². The summed E-state index contributed by atoms with van der Waals surface area (Å²) in [6, 6.07) is 4.54. The second-order valence-corrected chi connectivity index (χ2v) is 6.01. The first-order chi connectivity index (χ1) is 9.47. The van der Waals surface area contributed by atoms with Gasteiger partial charge in [-0.3, -0.25) is 4.79 Å². The van der Waals surface area contributed by atoms with E-state index in [2.05, 4.69) is 24.1 Å². The number of carbonyl (C=O) groups is 1. The lowest BCUT2D eigenvalue weighted by atomic mass is 10.1. The van der Waals surface area contributed by atoms with E-state index in [9.17, 15) is 9.18 Å². The van der Waals surface area contributed by atoms with Gasteiger partial charge in [-0.25, -0.2) is 4.39 Å². The van der Waals surface area contributed by atoms with Crippen molar-refractivity contribution < 1.29 is 9.18 Å². The summed E-state index contributed by atoms with van der Waals surface area (Å²) in [5.74, 6) is -0.501. The molecule has 5 heteroatoms. The average molecular weight is 299 g/mol. The van der Waals surface area contributed by atoms with Gasteiger partial charge in [-0.1, -0.05) is 11.6 Å². The van der Waals surface area contributed by atoms with Crippen LogP contribution in [0.3, 0.4) is 0 Å². The first-order valence-corrected chi connectivity index (χ1v) is 7.32. The van der Waals surface area contributed by atoms with Crippen molar-refractivity contribution in [3.63, 3.8) is 0 Å². The second kappa shape index (κ2) is 6.55. The molecule has 0 bridgehead atoms. The fourth-order valence-electron chi connectivity index (χ4n) is 2.50. The molecule has 0 radical (unpaired) electrons. The molecule has 1 saturated heterocycles. The van der Waals surface area contributed by atoms with E-state index in [0.29, 0.717) is 23.5 Å². The van der Waals surface area contributed by atoms with Crippen molar-refractivity contribution in [2.45, 2.75) is 26.3 Å². The summed E-state index contributed by atoms with van der Waals surface area (Å²) in [6.07, 6.45) is 1.07. The zero-order valence-corrected chi connectivity index (χ0v) is 12.6. The van der Waals surface area contributed by atoms with Crippen LogP contribution in [-0.2, 0) is 0 Å². The smallest absolute Gasteiger partial charge is 0.254 e. The number of carbonyl (C=O) groups excluding carboxylic acids is 1. The summed E-state index contributed by atoms with van der Waals surface area (Å²) in [6.45, 7) is 6.96. The number of amides is 1. The molecule has 1 aliphatic heterocycles. The normalized spacial score (nSPS) is 19.6. The third-order valence-corrected chi connectivity index (χ3v) is 4.01. The third kappa shape index (κ3) is 3.70. The minimum atomic E-state index is -0.540. The molecule has 3 nitrogen and oxygen atoms in total. The minimum Gasteiger partial charge on any atom is -0.352 e. The van der Waals surface area contributed by atoms with Crippen LogP contribution in [0, 0.1) is 11.7 Å². The van der Waals surface area contributed by atoms with Crippen LogP contribution in [0.2, 0.25) is 5.02 Å². The number of hydrogen-bond donors (Lipinski definition) is 1. The van der Waals surface area contributed by atoms with E-state index >= 15 is 0 Å². The van der Waals surface area contributed by atoms with Crippen LogP contribution in [-0.4, -0.2) is 36.5 Å². The van der Waals surface area contributed by atoms with Gasteiger partial charge in [0.1, 0.15) is 5.82 Å². The number of rotatable bonds is 4. The molecule has 0 saturated carbocycles. The van der Waals surface area contributed by atoms with Gasteiger partial charge in [-0.15, -0.1) is 0 Å². The number of halogens is 2. The highest BCUT2D eigenvalue weighted by Crippen LogP contribution is 2.18. The van der Waals surface area contributed by atoms with Crippen LogP contribution in [0.25, 0.3) is 0 Å². The van der Waals surface area contributed by atoms with Crippen molar-refractivity contribution in [3.05, 3.63) is 34.6 Å². The highest BCUT2D eigenvalue weighted by atomic mass is 35.5. The van der Waals surface area contributed by atoms with Crippen LogP contribution in [0.4, 0.5) is 4.39 Å². The van der Waals surface area contributed by atoms with E-state index in [1.54, 1.807) is 0 Å². The minimum absolute atomic E-state index is 0.0104. The van der Waals surface area contributed by atoms with E-state index in [1.165, 1.54) is 18.2 Å². The Bertz CT molecular complexity index is 493. The predicted molar refractivity (Wildman–Crippen MR) is 78.6 cm³/mol. The molecule has 2 rings (SSSR count). The molecule has 1 heterocycles. The molecule has 0 aliphatic carbocycles. The zero-order chi connectivity index (χ0) is 14.7. The van der Waals surface area contributed by atoms with Crippen LogP contribution in [0.1, 0.15) is 30.6 Å². The van der Waals surface area contributed by atoms with Gasteiger partial charge in [0.15, 0.2) is 0 Å². The van der Waals surface area contributed by atoms with Gasteiger partial charge in [0.05, 0.1) is 5.56 Å². The fourth-order valence-corrected chi connectivity index (χ4v) is 2.67. The lowest BCUT2D eigenvalue weighted by Crippen LogP contribution is -2.33. The fraction of sp³-hybridized carbons (Fsp3) is 0.533. The summed E-state index contributed by atoms with van der Waals surface area (Å²) < 4.78 is 13.6. The highest BCUT2D eigenvalue weighted by Gasteiger charge is 2.24. The molecule has 0 aromatic heterocycles. The van der Waals surface area contributed by atoms with Crippen molar-refractivity contribution in [3.8, 4) is 0 Å². The van der Waals surface area contributed by atoms with E-state index in [0.717, 1.165) is 19.5 Å². The van der Waals surface area contributed by atoms with E-state index in [-0.39, 0.29) is 5.56 Å². The molecule has 1 fully saturated rings.